The summed E-state index contributed by atoms with van der Waals surface area (Å²) in [7, 11) is 1.55. The lowest BCUT2D eigenvalue weighted by molar-refractivity contribution is -0.128. The quantitative estimate of drug-likeness (QED) is 0.318. The Bertz CT molecular complexity index is 967. The fourth-order valence-corrected chi connectivity index (χ4v) is 2.28. The van der Waals surface area contributed by atoms with Gasteiger partial charge in [-0.05, 0) is 35.9 Å². The topological polar surface area (TPSA) is 65.7 Å². The van der Waals surface area contributed by atoms with E-state index < -0.39 is 11.6 Å². The predicted molar refractivity (Wildman–Crippen MR) is 90.3 cm³/mol. The molecule has 0 radical (unpaired) electrons. The van der Waals surface area contributed by atoms with Crippen LogP contribution in [0.3, 0.4) is 0 Å². The molecule has 0 aliphatic rings. The number of methoxy groups -OCH3 is 1. The van der Waals surface area contributed by atoms with E-state index in [-0.39, 0.29) is 0 Å². The van der Waals surface area contributed by atoms with Crippen molar-refractivity contribution in [3.63, 3.8) is 0 Å². The van der Waals surface area contributed by atoms with Gasteiger partial charge in [0.2, 0.25) is 0 Å². The first-order chi connectivity index (χ1) is 11.6. The molecular weight excluding hydrogens is 308 g/mol. The zero-order chi connectivity index (χ0) is 17.1. The molecule has 0 unspecified atom stereocenters. The molecule has 0 saturated heterocycles. The summed E-state index contributed by atoms with van der Waals surface area (Å²) in [4.78, 5) is 23.4. The molecule has 1 aromatic heterocycles. The monoisotopic (exact) mass is 322 g/mol. The number of rotatable bonds is 4. The molecule has 0 spiro atoms. The Morgan fingerprint density at radius 3 is 2.46 bits per heavy atom. The molecule has 2 aromatic carbocycles. The Labute approximate surface area is 137 Å². The Balaban J connectivity index is 1.99. The van der Waals surface area contributed by atoms with E-state index >= 15 is 0 Å². The minimum Gasteiger partial charge on any atom is -0.497 e. The number of esters is 1. The lowest BCUT2D eigenvalue weighted by atomic mass is 10.1. The maximum absolute atomic E-state index is 12.2. The van der Waals surface area contributed by atoms with Crippen LogP contribution in [-0.2, 0) is 4.79 Å². The second-order valence-electron chi connectivity index (χ2n) is 5.00. The van der Waals surface area contributed by atoms with Gasteiger partial charge in [0.15, 0.2) is 0 Å². The smallest absolute Gasteiger partial charge is 0.344 e. The molecule has 0 aliphatic heterocycles. The fourth-order valence-electron chi connectivity index (χ4n) is 2.28. The molecule has 1 heterocycles. The standard InChI is InChI=1S/C19H14O5/c1-3-18(20)23-14-7-4-12(5-8-14)16-10-13-6-9-15(22-2)11-17(13)24-19(16)21/h3-11H,1H2,2H3. The lowest BCUT2D eigenvalue weighted by Crippen LogP contribution is -2.04. The van der Waals surface area contributed by atoms with E-state index in [9.17, 15) is 9.59 Å². The second-order valence-corrected chi connectivity index (χ2v) is 5.00. The SMILES string of the molecule is C=CC(=O)Oc1ccc(-c2cc3ccc(OC)cc3oc2=O)cc1. The number of fused-ring (bicyclic) bond motifs is 1. The van der Waals surface area contributed by atoms with Crippen molar-refractivity contribution < 1.29 is 18.7 Å². The van der Waals surface area contributed by atoms with Gasteiger partial charge in [0, 0.05) is 17.5 Å². The summed E-state index contributed by atoms with van der Waals surface area (Å²) in [6.07, 6.45) is 1.08. The summed E-state index contributed by atoms with van der Waals surface area (Å²) in [6, 6.07) is 13.6. The van der Waals surface area contributed by atoms with E-state index in [1.54, 1.807) is 49.6 Å². The highest BCUT2D eigenvalue weighted by atomic mass is 16.5. The third kappa shape index (κ3) is 3.05. The van der Waals surface area contributed by atoms with Crippen LogP contribution in [0.1, 0.15) is 0 Å². The van der Waals surface area contributed by atoms with E-state index in [1.165, 1.54) is 0 Å². The zero-order valence-corrected chi connectivity index (χ0v) is 12.9. The molecule has 0 N–H and O–H groups in total. The molecule has 5 nitrogen and oxygen atoms in total. The van der Waals surface area contributed by atoms with Crippen LogP contribution in [0.15, 0.2) is 70.4 Å². The van der Waals surface area contributed by atoms with Crippen molar-refractivity contribution >= 4 is 16.9 Å². The molecule has 3 rings (SSSR count). The molecular formula is C19H14O5. The van der Waals surface area contributed by atoms with Crippen LogP contribution in [0.25, 0.3) is 22.1 Å². The average Bonchev–Trinajstić information content (AvgIpc) is 2.61. The number of benzene rings is 2. The number of hydrogen-bond acceptors (Lipinski definition) is 5. The maximum atomic E-state index is 12.2. The Morgan fingerprint density at radius 1 is 1.08 bits per heavy atom. The highest BCUT2D eigenvalue weighted by Gasteiger charge is 2.09. The normalized spacial score (nSPS) is 10.4. The van der Waals surface area contributed by atoms with Crippen molar-refractivity contribution in [2.75, 3.05) is 7.11 Å². The van der Waals surface area contributed by atoms with Gasteiger partial charge in [-0.15, -0.1) is 0 Å². The fraction of sp³-hybridized carbons (Fsp3) is 0.0526. The molecule has 0 amide bonds. The van der Waals surface area contributed by atoms with Crippen LogP contribution in [0.2, 0.25) is 0 Å². The van der Waals surface area contributed by atoms with Gasteiger partial charge in [-0.25, -0.2) is 9.59 Å². The van der Waals surface area contributed by atoms with E-state index in [2.05, 4.69) is 6.58 Å². The molecule has 0 saturated carbocycles. The first kappa shape index (κ1) is 15.6. The maximum Gasteiger partial charge on any atom is 0.344 e. The van der Waals surface area contributed by atoms with Gasteiger partial charge >= 0.3 is 11.6 Å². The van der Waals surface area contributed by atoms with Crippen molar-refractivity contribution in [2.45, 2.75) is 0 Å². The summed E-state index contributed by atoms with van der Waals surface area (Å²) in [5.74, 6) is 0.451. The number of hydrogen-bond donors (Lipinski definition) is 0. The Hall–Kier alpha value is -3.34. The van der Waals surface area contributed by atoms with Gasteiger partial charge in [-0.3, -0.25) is 0 Å². The summed E-state index contributed by atoms with van der Waals surface area (Å²) in [5.41, 5.74) is 1.10. The minimum absolute atomic E-state index is 0.374. The second kappa shape index (κ2) is 6.42. The van der Waals surface area contributed by atoms with E-state index in [4.69, 9.17) is 13.9 Å². The van der Waals surface area contributed by atoms with Crippen LogP contribution >= 0.6 is 0 Å². The molecule has 5 heteroatoms. The number of carbonyl (C=O) groups is 1. The zero-order valence-electron chi connectivity index (χ0n) is 12.9. The summed E-state index contributed by atoms with van der Waals surface area (Å²) >= 11 is 0. The van der Waals surface area contributed by atoms with Gasteiger partial charge in [0.05, 0.1) is 12.7 Å². The van der Waals surface area contributed by atoms with Gasteiger partial charge in [-0.1, -0.05) is 18.7 Å². The molecule has 0 fully saturated rings. The minimum atomic E-state index is -0.540. The molecule has 0 aliphatic carbocycles. The van der Waals surface area contributed by atoms with E-state index in [1.807, 2.05) is 6.07 Å². The van der Waals surface area contributed by atoms with Crippen LogP contribution in [0.5, 0.6) is 11.5 Å². The van der Waals surface area contributed by atoms with E-state index in [0.717, 1.165) is 11.5 Å². The highest BCUT2D eigenvalue weighted by molar-refractivity contribution is 5.84. The van der Waals surface area contributed by atoms with Gasteiger partial charge in [0.1, 0.15) is 17.1 Å². The van der Waals surface area contributed by atoms with Crippen molar-refractivity contribution in [1.82, 2.24) is 0 Å². The molecule has 3 aromatic rings. The van der Waals surface area contributed by atoms with Crippen LogP contribution < -0.4 is 15.1 Å². The van der Waals surface area contributed by atoms with Crippen molar-refractivity contribution in [2.24, 2.45) is 0 Å². The summed E-state index contributed by atoms with van der Waals surface area (Å²) < 4.78 is 15.5. The number of ether oxygens (including phenoxy) is 2. The largest absolute Gasteiger partial charge is 0.497 e. The Kier molecular flexibility index (Phi) is 4.16. The van der Waals surface area contributed by atoms with Crippen LogP contribution in [-0.4, -0.2) is 13.1 Å². The third-order valence-electron chi connectivity index (χ3n) is 3.49. The van der Waals surface area contributed by atoms with Crippen molar-refractivity contribution in [3.05, 3.63) is 71.6 Å². The van der Waals surface area contributed by atoms with Crippen molar-refractivity contribution in [1.29, 1.82) is 0 Å². The lowest BCUT2D eigenvalue weighted by Gasteiger charge is -2.06. The van der Waals surface area contributed by atoms with Gasteiger partial charge < -0.3 is 13.9 Å². The average molecular weight is 322 g/mol. The van der Waals surface area contributed by atoms with E-state index in [0.29, 0.717) is 28.2 Å². The van der Waals surface area contributed by atoms with Gasteiger partial charge in [-0.2, -0.15) is 0 Å². The van der Waals surface area contributed by atoms with Crippen LogP contribution in [0.4, 0.5) is 0 Å². The van der Waals surface area contributed by atoms with Gasteiger partial charge in [0.25, 0.3) is 0 Å². The number of carbonyl (C=O) groups excluding carboxylic acids is 1. The first-order valence-electron chi connectivity index (χ1n) is 7.17. The first-order valence-corrected chi connectivity index (χ1v) is 7.17. The molecule has 0 atom stereocenters. The highest BCUT2D eigenvalue weighted by Crippen LogP contribution is 2.25. The Morgan fingerprint density at radius 2 is 1.79 bits per heavy atom. The molecule has 120 valence electrons. The summed E-state index contributed by atoms with van der Waals surface area (Å²) in [6.45, 7) is 3.34. The predicted octanol–water partition coefficient (Wildman–Crippen LogP) is 3.56. The van der Waals surface area contributed by atoms with Crippen LogP contribution in [0, 0.1) is 0 Å². The molecule has 0 bridgehead atoms. The molecule has 24 heavy (non-hydrogen) atoms. The van der Waals surface area contributed by atoms with Crippen molar-refractivity contribution in [3.8, 4) is 22.6 Å². The third-order valence-corrected chi connectivity index (χ3v) is 3.49. The summed E-state index contributed by atoms with van der Waals surface area (Å²) in [5, 5.41) is 0.785.